The van der Waals surface area contributed by atoms with Crippen LogP contribution in [0.5, 0.6) is 5.75 Å². The summed E-state index contributed by atoms with van der Waals surface area (Å²) in [5, 5.41) is 19.9. The Kier molecular flexibility index (Phi) is 4.35. The second-order valence-electron chi connectivity index (χ2n) is 4.08. The number of aliphatic hydroxyl groups is 1. The molecule has 4 heteroatoms. The number of nitriles is 1. The van der Waals surface area contributed by atoms with Crippen LogP contribution in [0.15, 0.2) is 36.4 Å². The molecule has 0 heterocycles. The van der Waals surface area contributed by atoms with E-state index >= 15 is 0 Å². The average molecular weight is 257 g/mol. The molecular weight excluding hydrogens is 242 g/mol. The van der Waals surface area contributed by atoms with Gasteiger partial charge in [-0.15, -0.1) is 0 Å². The predicted octanol–water partition coefficient (Wildman–Crippen LogP) is 2.42. The zero-order valence-corrected chi connectivity index (χ0v) is 10.7. The molecule has 98 valence electrons. The highest BCUT2D eigenvalue weighted by molar-refractivity contribution is 5.84. The number of ether oxygens (including phenoxy) is 2. The number of hydrogen-bond donors (Lipinski definition) is 1. The van der Waals surface area contributed by atoms with Crippen molar-refractivity contribution in [1.29, 1.82) is 5.26 Å². The van der Waals surface area contributed by atoms with Gasteiger partial charge in [-0.25, -0.2) is 0 Å². The van der Waals surface area contributed by atoms with Crippen LogP contribution in [0, 0.1) is 11.3 Å². The van der Waals surface area contributed by atoms with E-state index in [0.29, 0.717) is 0 Å². The first-order chi connectivity index (χ1) is 9.28. The summed E-state index contributed by atoms with van der Waals surface area (Å²) in [7, 11) is 1.63. The Morgan fingerprint density at radius 2 is 1.95 bits per heavy atom. The molecule has 0 saturated heterocycles. The van der Waals surface area contributed by atoms with Crippen molar-refractivity contribution in [2.45, 2.75) is 6.10 Å². The first-order valence-electron chi connectivity index (χ1n) is 5.98. The molecule has 0 spiro atoms. The topological polar surface area (TPSA) is 62.5 Å². The minimum Gasteiger partial charge on any atom is -0.497 e. The van der Waals surface area contributed by atoms with Crippen LogP contribution in [-0.4, -0.2) is 25.4 Å². The fraction of sp³-hybridized carbons (Fsp3) is 0.267. The van der Waals surface area contributed by atoms with Gasteiger partial charge in [0, 0.05) is 0 Å². The Hall–Kier alpha value is -2.09. The van der Waals surface area contributed by atoms with Crippen molar-refractivity contribution in [2.24, 2.45) is 0 Å². The Bertz CT molecular complexity index is 604. The molecule has 2 aromatic rings. The second kappa shape index (κ2) is 6.19. The van der Waals surface area contributed by atoms with Gasteiger partial charge < -0.3 is 14.6 Å². The number of rotatable bonds is 5. The molecule has 0 aromatic heterocycles. The number of fused-ring (bicyclic) bond motifs is 1. The molecule has 1 N–H and O–H groups in total. The van der Waals surface area contributed by atoms with Gasteiger partial charge in [0.1, 0.15) is 5.75 Å². The van der Waals surface area contributed by atoms with Gasteiger partial charge >= 0.3 is 0 Å². The second-order valence-corrected chi connectivity index (χ2v) is 4.08. The molecule has 19 heavy (non-hydrogen) atoms. The van der Waals surface area contributed by atoms with Gasteiger partial charge in [-0.05, 0) is 34.5 Å². The molecule has 0 amide bonds. The molecular formula is C15H15NO3. The van der Waals surface area contributed by atoms with Crippen LogP contribution in [0.2, 0.25) is 0 Å². The highest BCUT2D eigenvalue weighted by atomic mass is 16.5. The fourth-order valence-corrected chi connectivity index (χ4v) is 1.91. The number of nitrogens with zero attached hydrogens (tertiary/aromatic N) is 1. The SMILES string of the molecule is COc1ccc2cc(C(C#N)OCCO)ccc2c1. The van der Waals surface area contributed by atoms with Crippen molar-refractivity contribution < 1.29 is 14.6 Å². The van der Waals surface area contributed by atoms with E-state index in [1.807, 2.05) is 36.4 Å². The molecule has 2 aromatic carbocycles. The van der Waals surface area contributed by atoms with Gasteiger partial charge in [-0.2, -0.15) is 5.26 Å². The lowest BCUT2D eigenvalue weighted by Gasteiger charge is -2.11. The molecule has 0 radical (unpaired) electrons. The summed E-state index contributed by atoms with van der Waals surface area (Å²) in [5.74, 6) is 0.800. The van der Waals surface area contributed by atoms with Gasteiger partial charge in [-0.1, -0.05) is 18.2 Å². The zero-order valence-electron chi connectivity index (χ0n) is 10.7. The third-order valence-corrected chi connectivity index (χ3v) is 2.87. The number of benzene rings is 2. The summed E-state index contributed by atoms with van der Waals surface area (Å²) in [6.07, 6.45) is -0.654. The molecule has 0 aliphatic heterocycles. The van der Waals surface area contributed by atoms with E-state index in [9.17, 15) is 0 Å². The summed E-state index contributed by atoms with van der Waals surface area (Å²) in [6.45, 7) is 0.0574. The summed E-state index contributed by atoms with van der Waals surface area (Å²) in [6, 6.07) is 13.5. The Morgan fingerprint density at radius 3 is 2.63 bits per heavy atom. The Balaban J connectivity index is 2.33. The molecule has 4 nitrogen and oxygen atoms in total. The van der Waals surface area contributed by atoms with E-state index in [2.05, 4.69) is 6.07 Å². The lowest BCUT2D eigenvalue weighted by atomic mass is 10.0. The molecule has 0 aliphatic rings. The number of hydrogen-bond acceptors (Lipinski definition) is 4. The minimum atomic E-state index is -0.654. The fourth-order valence-electron chi connectivity index (χ4n) is 1.91. The predicted molar refractivity (Wildman–Crippen MR) is 71.9 cm³/mol. The number of aliphatic hydroxyl groups excluding tert-OH is 1. The smallest absolute Gasteiger partial charge is 0.169 e. The summed E-state index contributed by atoms with van der Waals surface area (Å²) >= 11 is 0. The van der Waals surface area contributed by atoms with Gasteiger partial charge in [0.2, 0.25) is 0 Å². The maximum absolute atomic E-state index is 9.08. The van der Waals surface area contributed by atoms with Crippen LogP contribution in [0.25, 0.3) is 10.8 Å². The third-order valence-electron chi connectivity index (χ3n) is 2.87. The average Bonchev–Trinajstić information content (AvgIpc) is 2.47. The zero-order chi connectivity index (χ0) is 13.7. The van der Waals surface area contributed by atoms with Gasteiger partial charge in [0.25, 0.3) is 0 Å². The quantitative estimate of drug-likeness (QED) is 0.893. The first kappa shape index (κ1) is 13.3. The van der Waals surface area contributed by atoms with E-state index in [-0.39, 0.29) is 13.2 Å². The van der Waals surface area contributed by atoms with Crippen molar-refractivity contribution in [2.75, 3.05) is 20.3 Å². The van der Waals surface area contributed by atoms with E-state index in [1.165, 1.54) is 0 Å². The lowest BCUT2D eigenvalue weighted by Crippen LogP contribution is -2.06. The maximum Gasteiger partial charge on any atom is 0.169 e. The molecule has 0 fully saturated rings. The number of methoxy groups -OCH3 is 1. The summed E-state index contributed by atoms with van der Waals surface area (Å²) in [4.78, 5) is 0. The Morgan fingerprint density at radius 1 is 1.21 bits per heavy atom. The Labute approximate surface area is 111 Å². The van der Waals surface area contributed by atoms with Gasteiger partial charge in [0.05, 0.1) is 26.4 Å². The van der Waals surface area contributed by atoms with Crippen molar-refractivity contribution in [3.05, 3.63) is 42.0 Å². The normalized spacial score (nSPS) is 12.1. The van der Waals surface area contributed by atoms with E-state index in [4.69, 9.17) is 19.8 Å². The van der Waals surface area contributed by atoms with Crippen LogP contribution in [0.1, 0.15) is 11.7 Å². The maximum atomic E-state index is 9.08. The molecule has 2 rings (SSSR count). The van der Waals surface area contributed by atoms with Crippen molar-refractivity contribution in [3.8, 4) is 11.8 Å². The minimum absolute atomic E-state index is 0.0943. The molecule has 0 aliphatic carbocycles. The summed E-state index contributed by atoms with van der Waals surface area (Å²) in [5.41, 5.74) is 0.786. The summed E-state index contributed by atoms with van der Waals surface area (Å²) < 4.78 is 10.5. The monoisotopic (exact) mass is 257 g/mol. The van der Waals surface area contributed by atoms with Gasteiger partial charge in [0.15, 0.2) is 6.10 Å². The highest BCUT2D eigenvalue weighted by Crippen LogP contribution is 2.25. The van der Waals surface area contributed by atoms with Crippen molar-refractivity contribution >= 4 is 10.8 Å². The standard InChI is InChI=1S/C15H15NO3/c1-18-14-5-4-11-8-13(3-2-12(11)9-14)15(10-16)19-7-6-17/h2-5,8-9,15,17H,6-7H2,1H3. The van der Waals surface area contributed by atoms with Gasteiger partial charge in [-0.3, -0.25) is 0 Å². The van der Waals surface area contributed by atoms with Crippen LogP contribution < -0.4 is 4.74 Å². The van der Waals surface area contributed by atoms with Crippen LogP contribution in [0.4, 0.5) is 0 Å². The molecule has 0 bridgehead atoms. The molecule has 1 atom stereocenters. The van der Waals surface area contributed by atoms with E-state index in [1.54, 1.807) is 7.11 Å². The van der Waals surface area contributed by atoms with Crippen LogP contribution in [0.3, 0.4) is 0 Å². The third kappa shape index (κ3) is 3.02. The van der Waals surface area contributed by atoms with Crippen molar-refractivity contribution in [1.82, 2.24) is 0 Å². The van der Waals surface area contributed by atoms with E-state index < -0.39 is 6.10 Å². The lowest BCUT2D eigenvalue weighted by molar-refractivity contribution is 0.0582. The van der Waals surface area contributed by atoms with Crippen molar-refractivity contribution in [3.63, 3.8) is 0 Å². The van der Waals surface area contributed by atoms with Crippen LogP contribution in [-0.2, 0) is 4.74 Å². The first-order valence-corrected chi connectivity index (χ1v) is 5.98. The molecule has 1 unspecified atom stereocenters. The highest BCUT2D eigenvalue weighted by Gasteiger charge is 2.11. The molecule has 0 saturated carbocycles. The van der Waals surface area contributed by atoms with Crippen LogP contribution >= 0.6 is 0 Å². The van der Waals surface area contributed by atoms with E-state index in [0.717, 1.165) is 22.1 Å². The largest absolute Gasteiger partial charge is 0.497 e.